The lowest BCUT2D eigenvalue weighted by Gasteiger charge is -1.85. The molecule has 0 N–H and O–H groups in total. The van der Waals surface area contributed by atoms with Crippen LogP contribution >= 0.6 is 12.4 Å². The van der Waals surface area contributed by atoms with Gasteiger partial charge in [0.05, 0.1) is 6.26 Å². The second-order valence-corrected chi connectivity index (χ2v) is 1.17. The highest BCUT2D eigenvalue weighted by Gasteiger charge is 1.80. The lowest BCUT2D eigenvalue weighted by molar-refractivity contribution is -0.135. The van der Waals surface area contributed by atoms with E-state index in [2.05, 4.69) is 11.3 Å². The van der Waals surface area contributed by atoms with Crippen LogP contribution in [0.25, 0.3) is 0 Å². The Hall–Kier alpha value is -0.760. The minimum Gasteiger partial charge on any atom is -0.435 e. The molecular formula is C6H9ClO2. The number of hydrogen-bond donors (Lipinski definition) is 0. The summed E-state index contributed by atoms with van der Waals surface area (Å²) in [5.41, 5.74) is 0. The molecule has 0 rings (SSSR count). The Morgan fingerprint density at radius 3 is 2.56 bits per heavy atom. The molecule has 0 saturated heterocycles. The molecule has 0 spiro atoms. The third kappa shape index (κ3) is 11.1. The molecule has 0 heterocycles. The van der Waals surface area contributed by atoms with Gasteiger partial charge in [-0.3, -0.25) is 4.79 Å². The lowest BCUT2D eigenvalue weighted by atomic mass is 10.6. The molecule has 0 aliphatic rings. The van der Waals surface area contributed by atoms with E-state index in [0.717, 1.165) is 0 Å². The van der Waals surface area contributed by atoms with E-state index < -0.39 is 0 Å². The summed E-state index contributed by atoms with van der Waals surface area (Å²) in [5, 5.41) is 0. The molecule has 0 atom stereocenters. The first-order valence-electron chi connectivity index (χ1n) is 2.22. The lowest BCUT2D eigenvalue weighted by Crippen LogP contribution is -1.88. The summed E-state index contributed by atoms with van der Waals surface area (Å²) < 4.78 is 4.39. The van der Waals surface area contributed by atoms with E-state index in [1.54, 1.807) is 6.08 Å². The molecule has 0 saturated carbocycles. The van der Waals surface area contributed by atoms with Crippen molar-refractivity contribution in [1.82, 2.24) is 0 Å². The molecule has 0 unspecified atom stereocenters. The smallest absolute Gasteiger partial charge is 0.307 e. The Morgan fingerprint density at radius 2 is 2.22 bits per heavy atom. The minimum atomic E-state index is -0.317. The van der Waals surface area contributed by atoms with E-state index >= 15 is 0 Å². The van der Waals surface area contributed by atoms with Crippen molar-refractivity contribution in [3.8, 4) is 0 Å². The fourth-order valence-corrected chi connectivity index (χ4v) is 0.191. The van der Waals surface area contributed by atoms with Gasteiger partial charge in [-0.2, -0.15) is 0 Å². The second kappa shape index (κ2) is 7.24. The molecule has 0 radical (unpaired) electrons. The molecule has 3 heteroatoms. The minimum absolute atomic E-state index is 0. The maximum atomic E-state index is 10.0. The van der Waals surface area contributed by atoms with E-state index in [4.69, 9.17) is 0 Å². The SMILES string of the molecule is C=CC=COC(C)=O.Cl. The van der Waals surface area contributed by atoms with Gasteiger partial charge in [0.25, 0.3) is 0 Å². The fourth-order valence-electron chi connectivity index (χ4n) is 0.191. The summed E-state index contributed by atoms with van der Waals surface area (Å²) in [6.45, 7) is 4.72. The first-order chi connectivity index (χ1) is 3.77. The molecule has 0 fully saturated rings. The normalized spacial score (nSPS) is 8.11. The predicted octanol–water partition coefficient (Wildman–Crippen LogP) is 1.67. The summed E-state index contributed by atoms with van der Waals surface area (Å²) >= 11 is 0. The summed E-state index contributed by atoms with van der Waals surface area (Å²) in [5.74, 6) is -0.317. The average molecular weight is 149 g/mol. The first-order valence-corrected chi connectivity index (χ1v) is 2.22. The Balaban J connectivity index is 0. The van der Waals surface area contributed by atoms with E-state index in [-0.39, 0.29) is 18.4 Å². The number of esters is 1. The molecule has 52 valence electrons. The summed E-state index contributed by atoms with van der Waals surface area (Å²) in [4.78, 5) is 10.0. The summed E-state index contributed by atoms with van der Waals surface area (Å²) in [6.07, 6.45) is 4.36. The number of rotatable bonds is 2. The zero-order valence-electron chi connectivity index (χ0n) is 5.16. The van der Waals surface area contributed by atoms with E-state index in [0.29, 0.717) is 0 Å². The van der Waals surface area contributed by atoms with Gasteiger partial charge < -0.3 is 4.74 Å². The highest BCUT2D eigenvalue weighted by Crippen LogP contribution is 1.77. The van der Waals surface area contributed by atoms with Gasteiger partial charge in [0, 0.05) is 6.92 Å². The van der Waals surface area contributed by atoms with Gasteiger partial charge >= 0.3 is 5.97 Å². The monoisotopic (exact) mass is 148 g/mol. The van der Waals surface area contributed by atoms with E-state index in [1.807, 2.05) is 0 Å². The van der Waals surface area contributed by atoms with Gasteiger partial charge in [0.15, 0.2) is 0 Å². The summed E-state index contributed by atoms with van der Waals surface area (Å²) in [6, 6.07) is 0. The number of ether oxygens (including phenoxy) is 1. The third-order valence-corrected chi connectivity index (χ3v) is 0.449. The van der Waals surface area contributed by atoms with Crippen LogP contribution in [0.5, 0.6) is 0 Å². The molecule has 0 aliphatic carbocycles. The van der Waals surface area contributed by atoms with Gasteiger partial charge in [-0.1, -0.05) is 12.7 Å². The largest absolute Gasteiger partial charge is 0.435 e. The van der Waals surface area contributed by atoms with Crippen LogP contribution in [0, 0.1) is 0 Å². The number of carbonyl (C=O) groups excluding carboxylic acids is 1. The molecule has 0 aromatic carbocycles. The Kier molecular flexibility index (Phi) is 8.92. The highest BCUT2D eigenvalue weighted by molar-refractivity contribution is 5.85. The van der Waals surface area contributed by atoms with Gasteiger partial charge in [-0.05, 0) is 6.08 Å². The van der Waals surface area contributed by atoms with Gasteiger partial charge in [0.2, 0.25) is 0 Å². The third-order valence-electron chi connectivity index (χ3n) is 0.449. The van der Waals surface area contributed by atoms with Crippen molar-refractivity contribution in [2.75, 3.05) is 0 Å². The van der Waals surface area contributed by atoms with Crippen molar-refractivity contribution in [2.24, 2.45) is 0 Å². The number of carbonyl (C=O) groups is 1. The average Bonchev–Trinajstić information content (AvgIpc) is 1.66. The Morgan fingerprint density at radius 1 is 1.67 bits per heavy atom. The van der Waals surface area contributed by atoms with Crippen LogP contribution in [-0.2, 0) is 9.53 Å². The standard InChI is InChI=1S/C6H8O2.ClH/c1-3-4-5-8-6(2)7;/h3-5H,1H2,2H3;1H. The zero-order chi connectivity index (χ0) is 6.41. The van der Waals surface area contributed by atoms with Crippen molar-refractivity contribution < 1.29 is 9.53 Å². The zero-order valence-corrected chi connectivity index (χ0v) is 5.98. The predicted molar refractivity (Wildman–Crippen MR) is 38.4 cm³/mol. The van der Waals surface area contributed by atoms with Crippen molar-refractivity contribution in [1.29, 1.82) is 0 Å². The first kappa shape index (κ1) is 11.1. The molecule has 0 amide bonds. The number of allylic oxidation sites excluding steroid dienone is 2. The quantitative estimate of drug-likeness (QED) is 0.338. The molecule has 0 aromatic rings. The van der Waals surface area contributed by atoms with Crippen molar-refractivity contribution in [2.45, 2.75) is 6.92 Å². The molecule has 0 aliphatic heterocycles. The van der Waals surface area contributed by atoms with Gasteiger partial charge in [-0.25, -0.2) is 0 Å². The van der Waals surface area contributed by atoms with Gasteiger partial charge in [-0.15, -0.1) is 12.4 Å². The Labute approximate surface area is 60.6 Å². The molecule has 9 heavy (non-hydrogen) atoms. The van der Waals surface area contributed by atoms with Crippen LogP contribution in [0.15, 0.2) is 25.0 Å². The maximum Gasteiger partial charge on any atom is 0.307 e. The van der Waals surface area contributed by atoms with Gasteiger partial charge in [0.1, 0.15) is 0 Å². The molecule has 0 bridgehead atoms. The van der Waals surface area contributed by atoms with Crippen LogP contribution < -0.4 is 0 Å². The fraction of sp³-hybridized carbons (Fsp3) is 0.167. The van der Waals surface area contributed by atoms with Crippen LogP contribution in [0.3, 0.4) is 0 Å². The second-order valence-electron chi connectivity index (χ2n) is 1.17. The van der Waals surface area contributed by atoms with Crippen molar-refractivity contribution in [3.63, 3.8) is 0 Å². The Bertz CT molecular complexity index is 118. The van der Waals surface area contributed by atoms with Crippen LogP contribution in [0.1, 0.15) is 6.92 Å². The molecule has 2 nitrogen and oxygen atoms in total. The van der Waals surface area contributed by atoms with E-state index in [9.17, 15) is 4.79 Å². The maximum absolute atomic E-state index is 10.0. The number of hydrogen-bond acceptors (Lipinski definition) is 2. The molecular weight excluding hydrogens is 140 g/mol. The summed E-state index contributed by atoms with van der Waals surface area (Å²) in [7, 11) is 0. The topological polar surface area (TPSA) is 26.3 Å². The highest BCUT2D eigenvalue weighted by atomic mass is 35.5. The van der Waals surface area contributed by atoms with Crippen LogP contribution in [0.2, 0.25) is 0 Å². The van der Waals surface area contributed by atoms with Crippen molar-refractivity contribution in [3.05, 3.63) is 25.0 Å². The molecule has 0 aromatic heterocycles. The van der Waals surface area contributed by atoms with Crippen LogP contribution in [-0.4, -0.2) is 5.97 Å². The number of halogens is 1. The van der Waals surface area contributed by atoms with Crippen LogP contribution in [0.4, 0.5) is 0 Å². The van der Waals surface area contributed by atoms with Crippen molar-refractivity contribution >= 4 is 18.4 Å². The van der Waals surface area contributed by atoms with E-state index in [1.165, 1.54) is 19.3 Å².